The second kappa shape index (κ2) is 5.08. The molecular weight excluding hydrogens is 268 g/mol. The Morgan fingerprint density at radius 2 is 2.21 bits per heavy atom. The number of ether oxygens (including phenoxy) is 1. The molecule has 6 nitrogen and oxygen atoms in total. The van der Waals surface area contributed by atoms with Gasteiger partial charge in [0, 0.05) is 11.6 Å². The number of hydrogen-bond donors (Lipinski definition) is 2. The van der Waals surface area contributed by atoms with Gasteiger partial charge in [-0.15, -0.1) is 0 Å². The molecule has 104 valence electrons. The quantitative estimate of drug-likeness (QED) is 0.772. The second-order valence-corrected chi connectivity index (χ2v) is 6.76. The van der Waals surface area contributed by atoms with Crippen molar-refractivity contribution in [3.8, 4) is 5.75 Å². The van der Waals surface area contributed by atoms with E-state index in [-0.39, 0.29) is 23.5 Å². The maximum atomic E-state index is 12.0. The topological polar surface area (TPSA) is 98.5 Å². The molecule has 1 atom stereocenters. The van der Waals surface area contributed by atoms with E-state index in [1.54, 1.807) is 12.1 Å². The zero-order valence-corrected chi connectivity index (χ0v) is 11.4. The number of nitrogens with one attached hydrogen (secondary N) is 1. The van der Waals surface area contributed by atoms with Gasteiger partial charge in [-0.2, -0.15) is 0 Å². The molecule has 0 aliphatic carbocycles. The summed E-state index contributed by atoms with van der Waals surface area (Å²) >= 11 is 0. The smallest absolute Gasteiger partial charge is 0.251 e. The lowest BCUT2D eigenvalue weighted by atomic mass is 10.1. The van der Waals surface area contributed by atoms with Crippen molar-refractivity contribution in [1.82, 2.24) is 5.32 Å². The Balaban J connectivity index is 2.08. The van der Waals surface area contributed by atoms with Crippen LogP contribution in [-0.4, -0.2) is 39.0 Å². The first-order valence-electron chi connectivity index (χ1n) is 5.86. The number of sulfone groups is 1. The lowest BCUT2D eigenvalue weighted by Gasteiger charge is -2.12. The minimum atomic E-state index is -3.00. The molecule has 1 fully saturated rings. The molecule has 1 aromatic carbocycles. The molecule has 0 bridgehead atoms. The van der Waals surface area contributed by atoms with Gasteiger partial charge in [-0.1, -0.05) is 0 Å². The van der Waals surface area contributed by atoms with Crippen molar-refractivity contribution in [3.63, 3.8) is 0 Å². The Morgan fingerprint density at radius 3 is 2.79 bits per heavy atom. The minimum Gasteiger partial charge on any atom is -0.495 e. The molecule has 1 amide bonds. The van der Waals surface area contributed by atoms with E-state index in [9.17, 15) is 13.2 Å². The Hall–Kier alpha value is -1.76. The SMILES string of the molecule is COc1cc(C(=O)NC2CCS(=O)(=O)C2)ccc1N. The molecule has 3 N–H and O–H groups in total. The van der Waals surface area contributed by atoms with E-state index >= 15 is 0 Å². The second-order valence-electron chi connectivity index (χ2n) is 4.53. The number of nitrogen functional groups attached to an aromatic ring is 1. The predicted molar refractivity (Wildman–Crippen MR) is 71.9 cm³/mol. The Bertz CT molecular complexity index is 598. The fourth-order valence-electron chi connectivity index (χ4n) is 2.03. The summed E-state index contributed by atoms with van der Waals surface area (Å²) in [4.78, 5) is 12.0. The van der Waals surface area contributed by atoms with Crippen LogP contribution < -0.4 is 15.8 Å². The van der Waals surface area contributed by atoms with Crippen molar-refractivity contribution in [2.75, 3.05) is 24.3 Å². The van der Waals surface area contributed by atoms with Crippen LogP contribution in [0.3, 0.4) is 0 Å². The molecule has 1 unspecified atom stereocenters. The van der Waals surface area contributed by atoms with Crippen molar-refractivity contribution in [2.24, 2.45) is 0 Å². The highest BCUT2D eigenvalue weighted by molar-refractivity contribution is 7.91. The van der Waals surface area contributed by atoms with Gasteiger partial charge in [0.1, 0.15) is 5.75 Å². The monoisotopic (exact) mass is 284 g/mol. The Morgan fingerprint density at radius 1 is 1.47 bits per heavy atom. The van der Waals surface area contributed by atoms with Gasteiger partial charge in [-0.05, 0) is 24.6 Å². The predicted octanol–water partition coefficient (Wildman–Crippen LogP) is 0.194. The maximum absolute atomic E-state index is 12.0. The highest BCUT2D eigenvalue weighted by Crippen LogP contribution is 2.22. The van der Waals surface area contributed by atoms with E-state index in [2.05, 4.69) is 5.32 Å². The number of anilines is 1. The van der Waals surface area contributed by atoms with Crippen LogP contribution >= 0.6 is 0 Å². The molecule has 19 heavy (non-hydrogen) atoms. The summed E-state index contributed by atoms with van der Waals surface area (Å²) in [5.41, 5.74) is 6.51. The third kappa shape index (κ3) is 3.17. The Kier molecular flexibility index (Phi) is 3.66. The summed E-state index contributed by atoms with van der Waals surface area (Å²) < 4.78 is 27.7. The summed E-state index contributed by atoms with van der Waals surface area (Å²) in [6.45, 7) is 0. The van der Waals surface area contributed by atoms with Crippen molar-refractivity contribution < 1.29 is 17.9 Å². The van der Waals surface area contributed by atoms with Crippen LogP contribution in [0.4, 0.5) is 5.69 Å². The van der Waals surface area contributed by atoms with E-state index < -0.39 is 9.84 Å². The number of hydrogen-bond acceptors (Lipinski definition) is 5. The normalized spacial score (nSPS) is 21.0. The third-order valence-corrected chi connectivity index (χ3v) is 4.83. The number of amides is 1. The van der Waals surface area contributed by atoms with Crippen molar-refractivity contribution in [3.05, 3.63) is 23.8 Å². The van der Waals surface area contributed by atoms with Gasteiger partial charge in [0.2, 0.25) is 0 Å². The van der Waals surface area contributed by atoms with Crippen LogP contribution in [0.15, 0.2) is 18.2 Å². The zero-order valence-electron chi connectivity index (χ0n) is 10.5. The van der Waals surface area contributed by atoms with Gasteiger partial charge < -0.3 is 15.8 Å². The number of rotatable bonds is 3. The molecule has 1 aromatic rings. The molecule has 1 heterocycles. The fraction of sp³-hybridized carbons (Fsp3) is 0.417. The van der Waals surface area contributed by atoms with Gasteiger partial charge in [0.05, 0.1) is 24.3 Å². The molecular formula is C12H16N2O4S. The van der Waals surface area contributed by atoms with Crippen molar-refractivity contribution in [2.45, 2.75) is 12.5 Å². The summed E-state index contributed by atoms with van der Waals surface area (Å²) in [7, 11) is -1.53. The minimum absolute atomic E-state index is 0.00481. The molecule has 1 aliphatic rings. The number of benzene rings is 1. The average Bonchev–Trinajstić information content (AvgIpc) is 2.69. The van der Waals surface area contributed by atoms with E-state index in [0.717, 1.165) is 0 Å². The summed E-state index contributed by atoms with van der Waals surface area (Å²) in [5.74, 6) is 0.237. The van der Waals surface area contributed by atoms with Crippen molar-refractivity contribution >= 4 is 21.4 Å². The van der Waals surface area contributed by atoms with E-state index in [0.29, 0.717) is 23.4 Å². The highest BCUT2D eigenvalue weighted by Gasteiger charge is 2.29. The Labute approximate surface area is 111 Å². The van der Waals surface area contributed by atoms with Crippen LogP contribution in [0.5, 0.6) is 5.75 Å². The van der Waals surface area contributed by atoms with E-state index in [1.165, 1.54) is 13.2 Å². The third-order valence-electron chi connectivity index (χ3n) is 3.06. The molecule has 0 radical (unpaired) electrons. The maximum Gasteiger partial charge on any atom is 0.251 e. The lowest BCUT2D eigenvalue weighted by molar-refractivity contribution is 0.0941. The van der Waals surface area contributed by atoms with Gasteiger partial charge in [0.15, 0.2) is 9.84 Å². The first-order valence-corrected chi connectivity index (χ1v) is 7.68. The molecule has 0 spiro atoms. The van der Waals surface area contributed by atoms with Crippen LogP contribution in [0.2, 0.25) is 0 Å². The van der Waals surface area contributed by atoms with Crippen molar-refractivity contribution in [1.29, 1.82) is 0 Å². The first-order chi connectivity index (χ1) is 8.91. The lowest BCUT2D eigenvalue weighted by Crippen LogP contribution is -2.35. The summed E-state index contributed by atoms with van der Waals surface area (Å²) in [6.07, 6.45) is 0.459. The first kappa shape index (κ1) is 13.7. The van der Waals surface area contributed by atoms with Crippen LogP contribution in [0, 0.1) is 0 Å². The molecule has 1 aliphatic heterocycles. The van der Waals surface area contributed by atoms with E-state index in [4.69, 9.17) is 10.5 Å². The average molecular weight is 284 g/mol. The molecule has 2 rings (SSSR count). The number of carbonyl (C=O) groups is 1. The number of methoxy groups -OCH3 is 1. The zero-order chi connectivity index (χ0) is 14.0. The van der Waals surface area contributed by atoms with Gasteiger partial charge in [-0.25, -0.2) is 8.42 Å². The molecule has 0 saturated carbocycles. The molecule has 0 aromatic heterocycles. The highest BCUT2D eigenvalue weighted by atomic mass is 32.2. The molecule has 1 saturated heterocycles. The number of carbonyl (C=O) groups excluding carboxylic acids is 1. The van der Waals surface area contributed by atoms with Crippen LogP contribution in [0.25, 0.3) is 0 Å². The van der Waals surface area contributed by atoms with E-state index in [1.807, 2.05) is 0 Å². The van der Waals surface area contributed by atoms with Gasteiger partial charge >= 0.3 is 0 Å². The fourth-order valence-corrected chi connectivity index (χ4v) is 3.70. The van der Waals surface area contributed by atoms with Gasteiger partial charge in [0.25, 0.3) is 5.91 Å². The van der Waals surface area contributed by atoms with Crippen LogP contribution in [-0.2, 0) is 9.84 Å². The number of nitrogens with two attached hydrogens (primary N) is 1. The van der Waals surface area contributed by atoms with Crippen LogP contribution in [0.1, 0.15) is 16.8 Å². The molecule has 7 heteroatoms. The summed E-state index contributed by atoms with van der Waals surface area (Å²) in [5, 5.41) is 2.71. The standard InChI is InChI=1S/C12H16N2O4S/c1-18-11-6-8(2-3-10(11)13)12(15)14-9-4-5-19(16,17)7-9/h2-3,6,9H,4-5,7,13H2,1H3,(H,14,15). The largest absolute Gasteiger partial charge is 0.495 e. The summed E-state index contributed by atoms with van der Waals surface area (Å²) in [6, 6.07) is 4.38. The van der Waals surface area contributed by atoms with Gasteiger partial charge in [-0.3, -0.25) is 4.79 Å².